The zero-order valence-corrected chi connectivity index (χ0v) is 9.49. The second-order valence-electron chi connectivity index (χ2n) is 4.36. The fourth-order valence-corrected chi connectivity index (χ4v) is 2.06. The smallest absolute Gasteiger partial charge is 0.0620 e. The van der Waals surface area contributed by atoms with E-state index >= 15 is 0 Å². The number of hydrogen-bond acceptors (Lipinski definition) is 2. The first kappa shape index (κ1) is 10.7. The van der Waals surface area contributed by atoms with Crippen LogP contribution in [0.1, 0.15) is 30.5 Å². The molecule has 1 aromatic carbocycles. The Morgan fingerprint density at radius 3 is 3.00 bits per heavy atom. The van der Waals surface area contributed by atoms with E-state index in [0.29, 0.717) is 12.1 Å². The Balaban J connectivity index is 1.97. The van der Waals surface area contributed by atoms with Gasteiger partial charge in [-0.2, -0.15) is 0 Å². The number of rotatable bonds is 3. The maximum absolute atomic E-state index is 5.36. The molecule has 1 fully saturated rings. The molecule has 1 unspecified atom stereocenters. The van der Waals surface area contributed by atoms with Crippen LogP contribution in [0.25, 0.3) is 0 Å². The highest BCUT2D eigenvalue weighted by molar-refractivity contribution is 5.24. The number of aryl methyl sites for hydroxylation is 1. The topological polar surface area (TPSA) is 21.3 Å². The van der Waals surface area contributed by atoms with Gasteiger partial charge >= 0.3 is 0 Å². The van der Waals surface area contributed by atoms with Crippen LogP contribution in [0.4, 0.5) is 0 Å². The Morgan fingerprint density at radius 1 is 1.47 bits per heavy atom. The van der Waals surface area contributed by atoms with Gasteiger partial charge in [-0.15, -0.1) is 0 Å². The van der Waals surface area contributed by atoms with Crippen LogP contribution in [0.3, 0.4) is 0 Å². The number of hydrogen-bond donors (Lipinski definition) is 1. The molecule has 0 bridgehead atoms. The van der Waals surface area contributed by atoms with E-state index in [-0.39, 0.29) is 0 Å². The SMILES string of the molecule is Cc1cccc([C@H](C)NC2CCOC2)c1. The summed E-state index contributed by atoms with van der Waals surface area (Å²) < 4.78 is 5.36. The summed E-state index contributed by atoms with van der Waals surface area (Å²) in [5.74, 6) is 0. The molecule has 2 rings (SSSR count). The zero-order valence-electron chi connectivity index (χ0n) is 9.49. The van der Waals surface area contributed by atoms with Gasteiger partial charge in [-0.3, -0.25) is 0 Å². The normalized spacial score (nSPS) is 22.9. The first-order valence-electron chi connectivity index (χ1n) is 5.66. The molecule has 15 heavy (non-hydrogen) atoms. The van der Waals surface area contributed by atoms with Gasteiger partial charge < -0.3 is 10.1 Å². The Bertz CT molecular complexity index is 318. The third kappa shape index (κ3) is 2.80. The van der Waals surface area contributed by atoms with Crippen molar-refractivity contribution in [3.8, 4) is 0 Å². The predicted molar refractivity (Wildman–Crippen MR) is 62.0 cm³/mol. The Kier molecular flexibility index (Phi) is 3.39. The van der Waals surface area contributed by atoms with Gasteiger partial charge in [0, 0.05) is 18.7 Å². The van der Waals surface area contributed by atoms with E-state index in [2.05, 4.69) is 43.4 Å². The molecule has 0 saturated carbocycles. The highest BCUT2D eigenvalue weighted by Gasteiger charge is 2.17. The molecule has 1 aromatic rings. The standard InChI is InChI=1S/C13H19NO/c1-10-4-3-5-12(8-10)11(2)14-13-6-7-15-9-13/h3-5,8,11,13-14H,6-7,9H2,1-2H3/t11-,13?/m0/s1. The fourth-order valence-electron chi connectivity index (χ4n) is 2.06. The molecule has 2 atom stereocenters. The highest BCUT2D eigenvalue weighted by atomic mass is 16.5. The lowest BCUT2D eigenvalue weighted by atomic mass is 10.0. The summed E-state index contributed by atoms with van der Waals surface area (Å²) in [6.45, 7) is 6.11. The maximum atomic E-state index is 5.36. The van der Waals surface area contributed by atoms with E-state index in [1.165, 1.54) is 11.1 Å². The quantitative estimate of drug-likeness (QED) is 0.818. The Labute approximate surface area is 91.6 Å². The molecule has 2 nitrogen and oxygen atoms in total. The van der Waals surface area contributed by atoms with Crippen LogP contribution in [0, 0.1) is 6.92 Å². The second-order valence-corrected chi connectivity index (χ2v) is 4.36. The average molecular weight is 205 g/mol. The lowest BCUT2D eigenvalue weighted by Crippen LogP contribution is -2.31. The van der Waals surface area contributed by atoms with Crippen LogP contribution in [0.2, 0.25) is 0 Å². The number of nitrogens with one attached hydrogen (secondary N) is 1. The summed E-state index contributed by atoms with van der Waals surface area (Å²) in [6, 6.07) is 9.62. The summed E-state index contributed by atoms with van der Waals surface area (Å²) in [5, 5.41) is 3.60. The summed E-state index contributed by atoms with van der Waals surface area (Å²) in [7, 11) is 0. The minimum Gasteiger partial charge on any atom is -0.380 e. The first-order valence-corrected chi connectivity index (χ1v) is 5.66. The van der Waals surface area contributed by atoms with Crippen molar-refractivity contribution in [2.75, 3.05) is 13.2 Å². The van der Waals surface area contributed by atoms with Gasteiger partial charge in [0.05, 0.1) is 6.61 Å². The van der Waals surface area contributed by atoms with Gasteiger partial charge in [0.1, 0.15) is 0 Å². The molecule has 0 aromatic heterocycles. The van der Waals surface area contributed by atoms with Gasteiger partial charge in [-0.1, -0.05) is 29.8 Å². The second kappa shape index (κ2) is 4.77. The van der Waals surface area contributed by atoms with E-state index in [9.17, 15) is 0 Å². The molecular formula is C13H19NO. The van der Waals surface area contributed by atoms with Crippen LogP contribution in [0.15, 0.2) is 24.3 Å². The van der Waals surface area contributed by atoms with Crippen LogP contribution >= 0.6 is 0 Å². The van der Waals surface area contributed by atoms with E-state index < -0.39 is 0 Å². The molecular weight excluding hydrogens is 186 g/mol. The molecule has 1 aliphatic heterocycles. The average Bonchev–Trinajstić information content (AvgIpc) is 2.70. The first-order chi connectivity index (χ1) is 7.25. The molecule has 2 heteroatoms. The van der Waals surface area contributed by atoms with Crippen molar-refractivity contribution in [3.63, 3.8) is 0 Å². The molecule has 0 spiro atoms. The molecule has 1 saturated heterocycles. The van der Waals surface area contributed by atoms with Crippen LogP contribution in [-0.4, -0.2) is 19.3 Å². The van der Waals surface area contributed by atoms with E-state index in [1.54, 1.807) is 0 Å². The zero-order chi connectivity index (χ0) is 10.7. The molecule has 1 aliphatic rings. The monoisotopic (exact) mass is 205 g/mol. The molecule has 0 aliphatic carbocycles. The lowest BCUT2D eigenvalue weighted by Gasteiger charge is -2.18. The largest absolute Gasteiger partial charge is 0.380 e. The number of ether oxygens (including phenoxy) is 1. The van der Waals surface area contributed by atoms with Crippen molar-refractivity contribution in [1.82, 2.24) is 5.32 Å². The molecule has 82 valence electrons. The van der Waals surface area contributed by atoms with Gasteiger partial charge in [0.15, 0.2) is 0 Å². The Morgan fingerprint density at radius 2 is 2.33 bits per heavy atom. The van der Waals surface area contributed by atoms with Gasteiger partial charge in [0.2, 0.25) is 0 Å². The molecule has 1 N–H and O–H groups in total. The van der Waals surface area contributed by atoms with E-state index in [4.69, 9.17) is 4.74 Å². The highest BCUT2D eigenvalue weighted by Crippen LogP contribution is 2.16. The summed E-state index contributed by atoms with van der Waals surface area (Å²) >= 11 is 0. The van der Waals surface area contributed by atoms with Crippen LogP contribution in [0.5, 0.6) is 0 Å². The van der Waals surface area contributed by atoms with E-state index in [1.807, 2.05) is 0 Å². The van der Waals surface area contributed by atoms with Gasteiger partial charge in [-0.25, -0.2) is 0 Å². The van der Waals surface area contributed by atoms with Crippen LogP contribution < -0.4 is 5.32 Å². The van der Waals surface area contributed by atoms with Crippen molar-refractivity contribution in [2.24, 2.45) is 0 Å². The fraction of sp³-hybridized carbons (Fsp3) is 0.538. The van der Waals surface area contributed by atoms with Crippen molar-refractivity contribution < 1.29 is 4.74 Å². The van der Waals surface area contributed by atoms with Crippen molar-refractivity contribution in [1.29, 1.82) is 0 Å². The molecule has 1 heterocycles. The summed E-state index contributed by atoms with van der Waals surface area (Å²) in [5.41, 5.74) is 2.69. The minimum atomic E-state index is 0.414. The van der Waals surface area contributed by atoms with Gasteiger partial charge in [-0.05, 0) is 25.8 Å². The molecule has 0 amide bonds. The van der Waals surface area contributed by atoms with E-state index in [0.717, 1.165) is 19.6 Å². The predicted octanol–water partition coefficient (Wildman–Crippen LogP) is 2.43. The number of benzene rings is 1. The maximum Gasteiger partial charge on any atom is 0.0620 e. The summed E-state index contributed by atoms with van der Waals surface area (Å²) in [4.78, 5) is 0. The summed E-state index contributed by atoms with van der Waals surface area (Å²) in [6.07, 6.45) is 1.14. The molecule has 0 radical (unpaired) electrons. The van der Waals surface area contributed by atoms with Crippen molar-refractivity contribution >= 4 is 0 Å². The minimum absolute atomic E-state index is 0.414. The lowest BCUT2D eigenvalue weighted by molar-refractivity contribution is 0.188. The van der Waals surface area contributed by atoms with Crippen molar-refractivity contribution in [3.05, 3.63) is 35.4 Å². The Hall–Kier alpha value is -0.860. The third-order valence-electron chi connectivity index (χ3n) is 2.96. The third-order valence-corrected chi connectivity index (χ3v) is 2.96. The van der Waals surface area contributed by atoms with Crippen molar-refractivity contribution in [2.45, 2.75) is 32.4 Å². The van der Waals surface area contributed by atoms with Crippen LogP contribution in [-0.2, 0) is 4.74 Å². The van der Waals surface area contributed by atoms with Gasteiger partial charge in [0.25, 0.3) is 0 Å².